The molecule has 1 aromatic rings. The Bertz CT molecular complexity index is 218. The molecule has 1 nitrogen and oxygen atoms in total. The zero-order chi connectivity index (χ0) is 10.2. The monoisotopic (exact) mass is 211 g/mol. The molecule has 0 saturated carbocycles. The maximum Gasteiger partial charge on any atom is 0.00452 e. The van der Waals surface area contributed by atoms with Crippen molar-refractivity contribution < 1.29 is 0 Å². The highest BCUT2D eigenvalue weighted by atomic mass is 32.1. The van der Waals surface area contributed by atoms with Crippen LogP contribution >= 0.6 is 11.3 Å². The van der Waals surface area contributed by atoms with E-state index in [0.717, 1.165) is 12.5 Å². The molecule has 1 unspecified atom stereocenters. The second-order valence-electron chi connectivity index (χ2n) is 3.88. The van der Waals surface area contributed by atoms with Gasteiger partial charge >= 0.3 is 0 Å². The van der Waals surface area contributed by atoms with Crippen LogP contribution in [0.15, 0.2) is 17.5 Å². The predicted molar refractivity (Wildman–Crippen MR) is 65.0 cm³/mol. The fourth-order valence-corrected chi connectivity index (χ4v) is 2.32. The first kappa shape index (κ1) is 11.7. The van der Waals surface area contributed by atoms with Crippen LogP contribution in [0.2, 0.25) is 0 Å². The molecule has 0 spiro atoms. The fourth-order valence-electron chi connectivity index (χ4n) is 1.57. The summed E-state index contributed by atoms with van der Waals surface area (Å²) in [4.78, 5) is 1.53. The van der Waals surface area contributed by atoms with Gasteiger partial charge in [0.2, 0.25) is 0 Å². The zero-order valence-electron chi connectivity index (χ0n) is 9.25. The Morgan fingerprint density at radius 3 is 3.00 bits per heavy atom. The van der Waals surface area contributed by atoms with Gasteiger partial charge in [0, 0.05) is 4.88 Å². The maximum atomic E-state index is 3.39. The Kier molecular flexibility index (Phi) is 5.88. The van der Waals surface area contributed by atoms with Gasteiger partial charge in [-0.1, -0.05) is 19.9 Å². The van der Waals surface area contributed by atoms with Gasteiger partial charge in [0.1, 0.15) is 0 Å². The van der Waals surface area contributed by atoms with E-state index in [1.807, 2.05) is 11.3 Å². The zero-order valence-corrected chi connectivity index (χ0v) is 10.1. The van der Waals surface area contributed by atoms with Crippen molar-refractivity contribution in [2.24, 2.45) is 5.92 Å². The van der Waals surface area contributed by atoms with Crippen LogP contribution in [0.4, 0.5) is 0 Å². The number of hydrogen-bond acceptors (Lipinski definition) is 2. The molecule has 1 atom stereocenters. The number of hydrogen-bond donors (Lipinski definition) is 1. The summed E-state index contributed by atoms with van der Waals surface area (Å²) in [5.41, 5.74) is 0. The van der Waals surface area contributed by atoms with E-state index in [9.17, 15) is 0 Å². The third-order valence-corrected chi connectivity index (χ3v) is 3.38. The van der Waals surface area contributed by atoms with Crippen LogP contribution in [0.25, 0.3) is 0 Å². The Hall–Kier alpha value is -0.340. The van der Waals surface area contributed by atoms with Crippen LogP contribution in [0.3, 0.4) is 0 Å². The molecule has 0 aliphatic rings. The molecular formula is C12H21NS. The molecular weight excluding hydrogens is 190 g/mol. The Morgan fingerprint density at radius 2 is 2.36 bits per heavy atom. The topological polar surface area (TPSA) is 12.0 Å². The van der Waals surface area contributed by atoms with Crippen LogP contribution in [-0.4, -0.2) is 13.1 Å². The van der Waals surface area contributed by atoms with E-state index in [1.54, 1.807) is 0 Å². The maximum absolute atomic E-state index is 3.39. The molecule has 0 aromatic carbocycles. The van der Waals surface area contributed by atoms with Gasteiger partial charge in [0.25, 0.3) is 0 Å². The predicted octanol–water partition coefficient (Wildman–Crippen LogP) is 3.32. The van der Waals surface area contributed by atoms with E-state index in [-0.39, 0.29) is 0 Å². The van der Waals surface area contributed by atoms with Gasteiger partial charge in [-0.25, -0.2) is 0 Å². The summed E-state index contributed by atoms with van der Waals surface area (Å²) in [6, 6.07) is 4.38. The average Bonchev–Trinajstić information content (AvgIpc) is 2.67. The molecule has 1 N–H and O–H groups in total. The summed E-state index contributed by atoms with van der Waals surface area (Å²) in [6.45, 7) is 6.76. The molecule has 0 radical (unpaired) electrons. The summed E-state index contributed by atoms with van der Waals surface area (Å²) in [7, 11) is 0. The van der Waals surface area contributed by atoms with Crippen LogP contribution < -0.4 is 5.32 Å². The first-order valence-corrected chi connectivity index (χ1v) is 6.44. The van der Waals surface area contributed by atoms with Crippen molar-refractivity contribution in [3.05, 3.63) is 22.4 Å². The fraction of sp³-hybridized carbons (Fsp3) is 0.667. The van der Waals surface area contributed by atoms with Gasteiger partial charge in [-0.2, -0.15) is 0 Å². The lowest BCUT2D eigenvalue weighted by molar-refractivity contribution is 0.474. The third-order valence-electron chi connectivity index (χ3n) is 2.44. The molecule has 0 bridgehead atoms. The van der Waals surface area contributed by atoms with Gasteiger partial charge in [-0.3, -0.25) is 0 Å². The first-order chi connectivity index (χ1) is 6.83. The molecule has 1 aromatic heterocycles. The highest BCUT2D eigenvalue weighted by Gasteiger charge is 2.01. The lowest BCUT2D eigenvalue weighted by Crippen LogP contribution is -2.20. The van der Waals surface area contributed by atoms with Gasteiger partial charge < -0.3 is 5.32 Å². The standard InChI is InChI=1S/C12H21NS/c1-3-13-10-11(2)6-4-7-12-8-5-9-14-12/h5,8-9,11,13H,3-4,6-7,10H2,1-2H3. The summed E-state index contributed by atoms with van der Waals surface area (Å²) >= 11 is 1.88. The molecule has 1 rings (SSSR count). The second-order valence-corrected chi connectivity index (χ2v) is 4.92. The smallest absolute Gasteiger partial charge is 0.00452 e. The van der Waals surface area contributed by atoms with E-state index in [0.29, 0.717) is 0 Å². The number of aryl methyl sites for hydroxylation is 1. The summed E-state index contributed by atoms with van der Waals surface area (Å²) in [5.74, 6) is 0.815. The van der Waals surface area contributed by atoms with Gasteiger partial charge in [0.15, 0.2) is 0 Å². The summed E-state index contributed by atoms with van der Waals surface area (Å²) < 4.78 is 0. The second kappa shape index (κ2) is 7.02. The molecule has 14 heavy (non-hydrogen) atoms. The minimum absolute atomic E-state index is 0.815. The normalized spacial score (nSPS) is 13.0. The molecule has 0 fully saturated rings. The molecule has 0 aliphatic heterocycles. The third kappa shape index (κ3) is 4.77. The van der Waals surface area contributed by atoms with Crippen molar-refractivity contribution in [2.75, 3.05) is 13.1 Å². The van der Waals surface area contributed by atoms with Crippen molar-refractivity contribution in [3.63, 3.8) is 0 Å². The van der Waals surface area contributed by atoms with Crippen LogP contribution in [-0.2, 0) is 6.42 Å². The largest absolute Gasteiger partial charge is 0.317 e. The summed E-state index contributed by atoms with van der Waals surface area (Å²) in [6.07, 6.45) is 3.92. The molecule has 0 aliphatic carbocycles. The molecule has 1 heterocycles. The lowest BCUT2D eigenvalue weighted by Gasteiger charge is -2.10. The van der Waals surface area contributed by atoms with Gasteiger partial charge in [-0.05, 0) is 49.7 Å². The van der Waals surface area contributed by atoms with Gasteiger partial charge in [0.05, 0.1) is 0 Å². The number of nitrogens with one attached hydrogen (secondary N) is 1. The summed E-state index contributed by atoms with van der Waals surface area (Å²) in [5, 5.41) is 5.56. The molecule has 2 heteroatoms. The van der Waals surface area contributed by atoms with E-state index < -0.39 is 0 Å². The van der Waals surface area contributed by atoms with Crippen LogP contribution in [0, 0.1) is 5.92 Å². The highest BCUT2D eigenvalue weighted by molar-refractivity contribution is 7.09. The Labute approximate surface area is 91.5 Å². The van der Waals surface area contributed by atoms with Crippen LogP contribution in [0.5, 0.6) is 0 Å². The Morgan fingerprint density at radius 1 is 1.50 bits per heavy atom. The Balaban J connectivity index is 2.03. The van der Waals surface area contributed by atoms with Gasteiger partial charge in [-0.15, -0.1) is 11.3 Å². The molecule has 0 amide bonds. The van der Waals surface area contributed by atoms with Crippen molar-refractivity contribution in [1.82, 2.24) is 5.32 Å². The van der Waals surface area contributed by atoms with E-state index in [1.165, 1.54) is 30.7 Å². The number of rotatable bonds is 7. The quantitative estimate of drug-likeness (QED) is 0.729. The first-order valence-electron chi connectivity index (χ1n) is 5.56. The molecule has 0 saturated heterocycles. The van der Waals surface area contributed by atoms with Crippen LogP contribution in [0.1, 0.15) is 31.6 Å². The van der Waals surface area contributed by atoms with Crippen molar-refractivity contribution in [1.29, 1.82) is 0 Å². The number of thiophene rings is 1. The average molecular weight is 211 g/mol. The lowest BCUT2D eigenvalue weighted by atomic mass is 10.0. The van der Waals surface area contributed by atoms with E-state index in [2.05, 4.69) is 36.7 Å². The van der Waals surface area contributed by atoms with Crippen molar-refractivity contribution in [3.8, 4) is 0 Å². The van der Waals surface area contributed by atoms with E-state index >= 15 is 0 Å². The van der Waals surface area contributed by atoms with Crippen molar-refractivity contribution >= 4 is 11.3 Å². The van der Waals surface area contributed by atoms with Crippen molar-refractivity contribution in [2.45, 2.75) is 33.1 Å². The SMILES string of the molecule is CCNCC(C)CCCc1cccs1. The minimum Gasteiger partial charge on any atom is -0.317 e. The van der Waals surface area contributed by atoms with E-state index in [4.69, 9.17) is 0 Å². The highest BCUT2D eigenvalue weighted by Crippen LogP contribution is 2.14. The molecule has 80 valence electrons. The minimum atomic E-state index is 0.815.